The Labute approximate surface area is 79.5 Å². The minimum absolute atomic E-state index is 0.556. The zero-order valence-corrected chi connectivity index (χ0v) is 8.01. The summed E-state index contributed by atoms with van der Waals surface area (Å²) in [6, 6.07) is 8.96. The van der Waals surface area contributed by atoms with Gasteiger partial charge in [-0.1, -0.05) is 24.8 Å². The van der Waals surface area contributed by atoms with E-state index in [0.29, 0.717) is 6.04 Å². The van der Waals surface area contributed by atoms with E-state index >= 15 is 0 Å². The van der Waals surface area contributed by atoms with Gasteiger partial charge in [0.05, 0.1) is 0 Å². The van der Waals surface area contributed by atoms with Gasteiger partial charge < -0.3 is 5.32 Å². The Morgan fingerprint density at radius 2 is 2.15 bits per heavy atom. The average Bonchev–Trinajstić information content (AvgIpc) is 2.27. The van der Waals surface area contributed by atoms with Gasteiger partial charge in [-0.3, -0.25) is 0 Å². The van der Waals surface area contributed by atoms with E-state index in [1.807, 2.05) is 0 Å². The molecule has 1 aliphatic heterocycles. The normalized spacial score (nSPS) is 21.6. The molecule has 0 fully saturated rings. The molecular formula is C12H15N. The minimum Gasteiger partial charge on any atom is -0.382 e. The van der Waals surface area contributed by atoms with Gasteiger partial charge >= 0.3 is 0 Å². The van der Waals surface area contributed by atoms with Gasteiger partial charge in [0.2, 0.25) is 0 Å². The van der Waals surface area contributed by atoms with Crippen LogP contribution in [0.1, 0.15) is 25.3 Å². The SMILES string of the molecule is C=C1CCC(C)Nc2ccccc21. The summed E-state index contributed by atoms with van der Waals surface area (Å²) < 4.78 is 0. The van der Waals surface area contributed by atoms with Crippen LogP contribution in [0.4, 0.5) is 5.69 Å². The van der Waals surface area contributed by atoms with Crippen molar-refractivity contribution in [1.29, 1.82) is 0 Å². The summed E-state index contributed by atoms with van der Waals surface area (Å²) in [7, 11) is 0. The number of nitrogens with one attached hydrogen (secondary N) is 1. The topological polar surface area (TPSA) is 12.0 Å². The lowest BCUT2D eigenvalue weighted by molar-refractivity contribution is 0.734. The second-order valence-electron chi connectivity index (χ2n) is 3.73. The minimum atomic E-state index is 0.556. The fraction of sp³-hybridized carbons (Fsp3) is 0.333. The summed E-state index contributed by atoms with van der Waals surface area (Å²) in [5.74, 6) is 0. The van der Waals surface area contributed by atoms with Gasteiger partial charge in [-0.15, -0.1) is 0 Å². The second kappa shape index (κ2) is 3.25. The molecule has 1 aromatic rings. The fourth-order valence-electron chi connectivity index (χ4n) is 1.78. The van der Waals surface area contributed by atoms with Crippen molar-refractivity contribution < 1.29 is 0 Å². The molecule has 1 heteroatoms. The van der Waals surface area contributed by atoms with Crippen molar-refractivity contribution in [3.05, 3.63) is 36.4 Å². The van der Waals surface area contributed by atoms with Gasteiger partial charge in [-0.2, -0.15) is 0 Å². The Hall–Kier alpha value is -1.24. The Bertz CT molecular complexity index is 328. The molecule has 1 aromatic carbocycles. The number of allylic oxidation sites excluding steroid dienone is 1. The van der Waals surface area contributed by atoms with Crippen molar-refractivity contribution in [2.24, 2.45) is 0 Å². The number of hydrogen-bond acceptors (Lipinski definition) is 1. The van der Waals surface area contributed by atoms with E-state index < -0.39 is 0 Å². The molecule has 68 valence electrons. The van der Waals surface area contributed by atoms with Crippen molar-refractivity contribution in [3.63, 3.8) is 0 Å². The zero-order chi connectivity index (χ0) is 9.26. The van der Waals surface area contributed by atoms with Gasteiger partial charge in [-0.05, 0) is 31.4 Å². The molecule has 13 heavy (non-hydrogen) atoms. The molecule has 0 aliphatic carbocycles. The maximum Gasteiger partial charge on any atom is 0.0418 e. The highest BCUT2D eigenvalue weighted by Gasteiger charge is 2.13. The lowest BCUT2D eigenvalue weighted by atomic mass is 10.0. The smallest absolute Gasteiger partial charge is 0.0418 e. The van der Waals surface area contributed by atoms with E-state index in [4.69, 9.17) is 0 Å². The van der Waals surface area contributed by atoms with Crippen LogP contribution in [0, 0.1) is 0 Å². The zero-order valence-electron chi connectivity index (χ0n) is 8.01. The monoisotopic (exact) mass is 173 g/mol. The Kier molecular flexibility index (Phi) is 2.09. The van der Waals surface area contributed by atoms with Crippen LogP contribution >= 0.6 is 0 Å². The summed E-state index contributed by atoms with van der Waals surface area (Å²) in [6.07, 6.45) is 2.28. The lowest BCUT2D eigenvalue weighted by Gasteiger charge is -2.11. The van der Waals surface area contributed by atoms with Gasteiger partial charge in [0.25, 0.3) is 0 Å². The van der Waals surface area contributed by atoms with Crippen molar-refractivity contribution in [1.82, 2.24) is 0 Å². The van der Waals surface area contributed by atoms with E-state index in [1.165, 1.54) is 23.2 Å². The van der Waals surface area contributed by atoms with Crippen molar-refractivity contribution in [3.8, 4) is 0 Å². The third-order valence-electron chi connectivity index (χ3n) is 2.59. The van der Waals surface area contributed by atoms with Crippen LogP contribution in [0.15, 0.2) is 30.8 Å². The summed E-state index contributed by atoms with van der Waals surface area (Å²) in [5, 5.41) is 3.49. The van der Waals surface area contributed by atoms with Gasteiger partial charge in [0.1, 0.15) is 0 Å². The molecule has 0 bridgehead atoms. The largest absolute Gasteiger partial charge is 0.382 e. The molecule has 1 nitrogen and oxygen atoms in total. The number of benzene rings is 1. The number of rotatable bonds is 0. The van der Waals surface area contributed by atoms with E-state index in [9.17, 15) is 0 Å². The van der Waals surface area contributed by atoms with E-state index in [-0.39, 0.29) is 0 Å². The van der Waals surface area contributed by atoms with Gasteiger partial charge in [0, 0.05) is 17.3 Å². The van der Waals surface area contributed by atoms with E-state index in [2.05, 4.69) is 43.1 Å². The number of fused-ring (bicyclic) bond motifs is 1. The number of hydrogen-bond donors (Lipinski definition) is 1. The average molecular weight is 173 g/mol. The first-order valence-corrected chi connectivity index (χ1v) is 4.81. The summed E-state index contributed by atoms with van der Waals surface area (Å²) in [4.78, 5) is 0. The number of para-hydroxylation sites is 1. The molecule has 0 saturated carbocycles. The molecule has 1 unspecified atom stereocenters. The Morgan fingerprint density at radius 3 is 3.00 bits per heavy atom. The molecule has 1 N–H and O–H groups in total. The van der Waals surface area contributed by atoms with Crippen molar-refractivity contribution in [2.45, 2.75) is 25.8 Å². The van der Waals surface area contributed by atoms with Crippen molar-refractivity contribution >= 4 is 11.3 Å². The molecule has 0 amide bonds. The first-order valence-electron chi connectivity index (χ1n) is 4.81. The van der Waals surface area contributed by atoms with Crippen LogP contribution in [0.3, 0.4) is 0 Å². The predicted octanol–water partition coefficient (Wildman–Crippen LogP) is 3.29. The molecule has 0 aromatic heterocycles. The highest BCUT2D eigenvalue weighted by molar-refractivity contribution is 5.76. The first kappa shape index (κ1) is 8.36. The molecule has 1 heterocycles. The van der Waals surface area contributed by atoms with Crippen LogP contribution in [-0.2, 0) is 0 Å². The maximum atomic E-state index is 4.11. The molecule has 0 saturated heterocycles. The van der Waals surface area contributed by atoms with Crippen molar-refractivity contribution in [2.75, 3.05) is 5.32 Å². The molecule has 1 aliphatic rings. The molecule has 1 atom stereocenters. The van der Waals surface area contributed by atoms with Gasteiger partial charge in [0.15, 0.2) is 0 Å². The second-order valence-corrected chi connectivity index (χ2v) is 3.73. The molecule has 0 radical (unpaired) electrons. The highest BCUT2D eigenvalue weighted by Crippen LogP contribution is 2.30. The lowest BCUT2D eigenvalue weighted by Crippen LogP contribution is -2.12. The van der Waals surface area contributed by atoms with Crippen LogP contribution in [-0.4, -0.2) is 6.04 Å². The quantitative estimate of drug-likeness (QED) is 0.634. The Morgan fingerprint density at radius 1 is 1.38 bits per heavy atom. The van der Waals surface area contributed by atoms with Crippen LogP contribution in [0.2, 0.25) is 0 Å². The third-order valence-corrected chi connectivity index (χ3v) is 2.59. The fourth-order valence-corrected chi connectivity index (χ4v) is 1.78. The maximum absolute atomic E-state index is 4.11. The highest BCUT2D eigenvalue weighted by atomic mass is 14.9. The van der Waals surface area contributed by atoms with Crippen LogP contribution in [0.5, 0.6) is 0 Å². The number of anilines is 1. The molecule has 0 spiro atoms. The third kappa shape index (κ3) is 1.59. The predicted molar refractivity (Wildman–Crippen MR) is 57.8 cm³/mol. The first-order chi connectivity index (χ1) is 6.27. The van der Waals surface area contributed by atoms with E-state index in [1.54, 1.807) is 0 Å². The van der Waals surface area contributed by atoms with Crippen LogP contribution in [0.25, 0.3) is 5.57 Å². The Balaban J connectivity index is 2.43. The summed E-state index contributed by atoms with van der Waals surface area (Å²) >= 11 is 0. The van der Waals surface area contributed by atoms with Crippen LogP contribution < -0.4 is 5.32 Å². The standard InChI is InChI=1S/C12H15N/c1-9-7-8-10(2)13-12-6-4-3-5-11(9)12/h3-6,10,13H,1,7-8H2,2H3. The van der Waals surface area contributed by atoms with Gasteiger partial charge in [-0.25, -0.2) is 0 Å². The molecule has 2 rings (SSSR count). The molecular weight excluding hydrogens is 158 g/mol. The van der Waals surface area contributed by atoms with E-state index in [0.717, 1.165) is 6.42 Å². The summed E-state index contributed by atoms with van der Waals surface area (Å²) in [6.45, 7) is 6.33. The summed E-state index contributed by atoms with van der Waals surface area (Å²) in [5.41, 5.74) is 3.77.